The van der Waals surface area contributed by atoms with Crippen molar-refractivity contribution in [3.05, 3.63) is 54.8 Å². The quantitative estimate of drug-likeness (QED) is 0.704. The predicted octanol–water partition coefficient (Wildman–Crippen LogP) is 4.70. The second-order valence-corrected chi connectivity index (χ2v) is 7.49. The van der Waals surface area contributed by atoms with Crippen LogP contribution >= 0.6 is 17.6 Å². The molecule has 1 aromatic carbocycles. The highest BCUT2D eigenvalue weighted by atomic mass is 31.2. The van der Waals surface area contributed by atoms with Crippen molar-refractivity contribution in [2.24, 2.45) is 5.41 Å². The van der Waals surface area contributed by atoms with Gasteiger partial charge in [0.05, 0.1) is 31.5 Å². The van der Waals surface area contributed by atoms with Crippen molar-refractivity contribution >= 4 is 17.6 Å². The first-order valence-electron chi connectivity index (χ1n) is 8.11. The number of ether oxygens (including phenoxy) is 1. The fraction of sp³-hybridized carbons (Fsp3) is 0.412. The van der Waals surface area contributed by atoms with Crippen molar-refractivity contribution in [1.29, 1.82) is 0 Å². The molecule has 4 heterocycles. The van der Waals surface area contributed by atoms with Gasteiger partial charge in [-0.05, 0) is 24.6 Å². The molecule has 1 aromatic rings. The molecule has 0 aromatic heterocycles. The van der Waals surface area contributed by atoms with Gasteiger partial charge in [0, 0.05) is 0 Å². The largest absolute Gasteiger partial charge is 0.464 e. The summed E-state index contributed by atoms with van der Waals surface area (Å²) in [6.45, 7) is 4.08. The van der Waals surface area contributed by atoms with E-state index in [-0.39, 0.29) is 20.7 Å². The van der Waals surface area contributed by atoms with Crippen LogP contribution in [0.25, 0.3) is 0 Å². The smallest absolute Gasteiger partial charge is 0.335 e. The Hall–Kier alpha value is -1.00. The molecule has 3 fully saturated rings. The summed E-state index contributed by atoms with van der Waals surface area (Å²) in [5, 5.41) is 0. The Morgan fingerprint density at radius 2 is 2.00 bits per heavy atom. The van der Waals surface area contributed by atoms with Gasteiger partial charge in [0.2, 0.25) is 15.3 Å². The molecule has 0 amide bonds. The van der Waals surface area contributed by atoms with Crippen LogP contribution in [0.3, 0.4) is 0 Å². The van der Waals surface area contributed by atoms with Gasteiger partial charge in [0.1, 0.15) is 5.75 Å². The van der Waals surface area contributed by atoms with Crippen molar-refractivity contribution in [3.63, 3.8) is 0 Å². The second-order valence-electron chi connectivity index (χ2n) is 5.62. The maximum absolute atomic E-state index is 5.92. The third kappa shape index (κ3) is 5.24. The molecule has 4 aliphatic rings. The van der Waals surface area contributed by atoms with Crippen LogP contribution < -0.4 is 4.74 Å². The first-order valence-corrected chi connectivity index (χ1v) is 10.0. The molecule has 25 heavy (non-hydrogen) atoms. The number of hydrogen-bond acceptors (Lipinski definition) is 6. The van der Waals surface area contributed by atoms with Crippen molar-refractivity contribution in [2.45, 2.75) is 19.6 Å². The van der Waals surface area contributed by atoms with E-state index in [1.165, 1.54) is 0 Å². The zero-order valence-electron chi connectivity index (χ0n) is 14.0. The summed E-state index contributed by atoms with van der Waals surface area (Å²) in [7, 11) is -1.05. The predicted molar refractivity (Wildman–Crippen MR) is 97.1 cm³/mol. The minimum atomic E-state index is -1.20. The Balaban J connectivity index is 0.000000192. The summed E-state index contributed by atoms with van der Waals surface area (Å²) in [5.41, 5.74) is -0.174. The minimum absolute atomic E-state index is 0.152. The number of hydrogen-bond donors (Lipinski definition) is 0. The van der Waals surface area contributed by atoms with E-state index < -0.39 is 8.60 Å². The van der Waals surface area contributed by atoms with E-state index in [0.717, 1.165) is 12.2 Å². The summed E-state index contributed by atoms with van der Waals surface area (Å²) in [5.74, 6) is 0.828. The van der Waals surface area contributed by atoms with Gasteiger partial charge < -0.3 is 22.8 Å². The van der Waals surface area contributed by atoms with Gasteiger partial charge in [-0.1, -0.05) is 37.3 Å². The lowest BCUT2D eigenvalue weighted by Crippen LogP contribution is -2.52. The lowest BCUT2D eigenvalue weighted by atomic mass is 9.86. The minimum Gasteiger partial charge on any atom is -0.464 e. The molecule has 2 unspecified atom stereocenters. The Kier molecular flexibility index (Phi) is 7.23. The molecular weight excluding hydrogens is 362 g/mol. The van der Waals surface area contributed by atoms with Crippen LogP contribution in [0, 0.1) is 5.41 Å². The number of rotatable bonds is 3. The molecule has 0 saturated carbocycles. The third-order valence-electron chi connectivity index (χ3n) is 3.97. The Labute approximate surface area is 151 Å². The highest BCUT2D eigenvalue weighted by molar-refractivity contribution is 7.41. The molecule has 0 spiro atoms. The van der Waals surface area contributed by atoms with Crippen molar-refractivity contribution in [2.75, 3.05) is 19.8 Å². The summed E-state index contributed by atoms with van der Waals surface area (Å²) >= 11 is 0. The molecule has 4 aliphatic heterocycles. The molecule has 6 nitrogen and oxygen atoms in total. The number of benzene rings is 1. The monoisotopic (exact) mass is 384 g/mol. The van der Waals surface area contributed by atoms with Gasteiger partial charge >= 0.3 is 8.60 Å². The van der Waals surface area contributed by atoms with Crippen LogP contribution in [0.1, 0.15) is 13.3 Å². The van der Waals surface area contributed by atoms with E-state index in [1.807, 2.05) is 48.6 Å². The van der Waals surface area contributed by atoms with Crippen LogP contribution in [0.15, 0.2) is 54.8 Å². The van der Waals surface area contributed by atoms with E-state index in [4.69, 9.17) is 27.4 Å². The molecule has 0 aliphatic carbocycles. The topological polar surface area (TPSA) is 55.4 Å². The number of fused-ring (bicyclic) bond motifs is 3. The zero-order valence-corrected chi connectivity index (χ0v) is 15.9. The maximum Gasteiger partial charge on any atom is 0.335 e. The molecule has 136 valence electrons. The van der Waals surface area contributed by atoms with Crippen molar-refractivity contribution < 1.29 is 27.4 Å². The molecule has 3 saturated heterocycles. The summed E-state index contributed by atoms with van der Waals surface area (Å²) < 4.78 is 32.3. The Morgan fingerprint density at radius 1 is 1.20 bits per heavy atom. The van der Waals surface area contributed by atoms with Gasteiger partial charge in [-0.2, -0.15) is 0 Å². The fourth-order valence-electron chi connectivity index (χ4n) is 2.33. The van der Waals surface area contributed by atoms with E-state index >= 15 is 0 Å². The lowest BCUT2D eigenvalue weighted by molar-refractivity contribution is -0.197. The van der Waals surface area contributed by atoms with E-state index in [9.17, 15) is 0 Å². The standard InChI is InChI=1S/C12H15O4P.C5H7O2P/c1-2-12-8-13-17(14-9-12)16-11(12)15-10-6-4-3-5-7-10;1-2-4-6-8-7-5-3-1/h3-7,11H,2,8-9H2,1H3;1-4,8H,5H2. The van der Waals surface area contributed by atoms with Crippen LogP contribution in [-0.2, 0) is 22.6 Å². The van der Waals surface area contributed by atoms with Gasteiger partial charge in [-0.15, -0.1) is 0 Å². The normalized spacial score (nSPS) is 31.4. The molecule has 5 rings (SSSR count). The summed E-state index contributed by atoms with van der Waals surface area (Å²) in [4.78, 5) is 0. The highest BCUT2D eigenvalue weighted by Gasteiger charge is 2.52. The van der Waals surface area contributed by atoms with Crippen LogP contribution in [-0.4, -0.2) is 26.1 Å². The van der Waals surface area contributed by atoms with Gasteiger partial charge in [-0.3, -0.25) is 4.52 Å². The average Bonchev–Trinajstić information content (AvgIpc) is 2.64. The molecule has 0 N–H and O–H groups in total. The van der Waals surface area contributed by atoms with Crippen molar-refractivity contribution in [1.82, 2.24) is 0 Å². The second kappa shape index (κ2) is 9.63. The fourth-order valence-corrected chi connectivity index (χ4v) is 4.04. The van der Waals surface area contributed by atoms with Crippen LogP contribution in [0.2, 0.25) is 0 Å². The summed E-state index contributed by atoms with van der Waals surface area (Å²) in [6.07, 6.45) is 7.94. The third-order valence-corrected chi connectivity index (χ3v) is 5.53. The number of allylic oxidation sites excluding steroid dienone is 2. The van der Waals surface area contributed by atoms with Crippen LogP contribution in [0.4, 0.5) is 0 Å². The van der Waals surface area contributed by atoms with Crippen molar-refractivity contribution in [3.8, 4) is 5.75 Å². The van der Waals surface area contributed by atoms with Gasteiger partial charge in [-0.25, -0.2) is 0 Å². The molecule has 2 atom stereocenters. The SMILES string of the molecule is C1=CCOPOC=C1.CCC12COP(OC1)OC2Oc1ccccc1. The first kappa shape index (κ1) is 18.8. The molecule has 0 radical (unpaired) electrons. The maximum atomic E-state index is 5.92. The number of para-hydroxylation sites is 1. The van der Waals surface area contributed by atoms with Crippen LogP contribution in [0.5, 0.6) is 5.75 Å². The van der Waals surface area contributed by atoms with Gasteiger partial charge in [0.15, 0.2) is 0 Å². The van der Waals surface area contributed by atoms with E-state index in [1.54, 1.807) is 6.26 Å². The highest BCUT2D eigenvalue weighted by Crippen LogP contribution is 2.57. The van der Waals surface area contributed by atoms with E-state index in [0.29, 0.717) is 19.8 Å². The van der Waals surface area contributed by atoms with Gasteiger partial charge in [0.25, 0.3) is 0 Å². The lowest BCUT2D eigenvalue weighted by Gasteiger charge is -2.48. The first-order chi connectivity index (χ1) is 12.3. The Bertz CT molecular complexity index is 558. The molecular formula is C17H22O6P2. The molecule has 2 bridgehead atoms. The summed E-state index contributed by atoms with van der Waals surface area (Å²) in [6, 6.07) is 9.74. The molecule has 8 heteroatoms. The average molecular weight is 384 g/mol. The Morgan fingerprint density at radius 3 is 2.76 bits per heavy atom. The van der Waals surface area contributed by atoms with E-state index in [2.05, 4.69) is 6.92 Å². The zero-order chi connectivity index (χ0) is 17.4.